The van der Waals surface area contributed by atoms with Crippen molar-refractivity contribution < 1.29 is 23.5 Å². The lowest BCUT2D eigenvalue weighted by Gasteiger charge is -2.29. The molecule has 0 amide bonds. The van der Waals surface area contributed by atoms with Gasteiger partial charge in [0.15, 0.2) is 0 Å². The third-order valence-corrected chi connectivity index (χ3v) is 5.47. The Morgan fingerprint density at radius 2 is 1.87 bits per heavy atom. The number of nitrogens with zero attached hydrogens (tertiary/aromatic N) is 1. The number of nitrogens with one attached hydrogen (secondary N) is 1. The Kier molecular flexibility index (Phi) is 7.57. The molecule has 1 unspecified atom stereocenters. The Balaban J connectivity index is 2.15. The van der Waals surface area contributed by atoms with Crippen LogP contribution in [0.5, 0.6) is 0 Å². The van der Waals surface area contributed by atoms with Gasteiger partial charge in [0.1, 0.15) is 5.76 Å². The van der Waals surface area contributed by atoms with E-state index in [0.29, 0.717) is 16.5 Å². The number of carbonyl (C=O) groups is 2. The Labute approximate surface area is 184 Å². The maximum atomic E-state index is 13.0. The van der Waals surface area contributed by atoms with Gasteiger partial charge in [0.05, 0.1) is 59.1 Å². The number of esters is 2. The highest BCUT2D eigenvalue weighted by Gasteiger charge is 2.38. The minimum Gasteiger partial charge on any atom is -0.468 e. The summed E-state index contributed by atoms with van der Waals surface area (Å²) in [6.07, 6.45) is 1.49. The molecule has 0 spiro atoms. The van der Waals surface area contributed by atoms with Gasteiger partial charge in [-0.25, -0.2) is 4.79 Å². The molecule has 0 saturated heterocycles. The quantitative estimate of drug-likeness (QED) is 0.618. The lowest BCUT2D eigenvalue weighted by Crippen LogP contribution is -2.29. The van der Waals surface area contributed by atoms with E-state index in [-0.39, 0.29) is 30.1 Å². The SMILES string of the molecule is CCOC(=O)CSC1=C(C#N)C(c2ccco2)C(C(=O)OCC)=C(c2ccccc2)N1. The number of benzene rings is 1. The molecule has 2 aromatic rings. The fraction of sp³-hybridized carbons (Fsp3) is 0.261. The maximum absolute atomic E-state index is 13.0. The molecule has 0 radical (unpaired) electrons. The summed E-state index contributed by atoms with van der Waals surface area (Å²) < 4.78 is 15.9. The Hall–Kier alpha value is -3.44. The van der Waals surface area contributed by atoms with E-state index in [4.69, 9.17) is 13.9 Å². The Bertz CT molecular complexity index is 1040. The minimum absolute atomic E-state index is 0.0169. The highest BCUT2D eigenvalue weighted by atomic mass is 32.2. The van der Waals surface area contributed by atoms with Gasteiger partial charge in [-0.2, -0.15) is 5.26 Å². The molecule has 1 aliphatic rings. The number of rotatable bonds is 8. The second-order valence-electron chi connectivity index (χ2n) is 6.40. The highest BCUT2D eigenvalue weighted by molar-refractivity contribution is 8.03. The van der Waals surface area contributed by atoms with Crippen molar-refractivity contribution in [3.05, 3.63) is 76.2 Å². The molecule has 1 N–H and O–H groups in total. The molecule has 1 atom stereocenters. The number of hydrogen-bond donors (Lipinski definition) is 1. The number of allylic oxidation sites excluding steroid dienone is 1. The molecule has 2 heterocycles. The molecule has 1 aromatic carbocycles. The lowest BCUT2D eigenvalue weighted by molar-refractivity contribution is -0.140. The van der Waals surface area contributed by atoms with Crippen LogP contribution in [0.3, 0.4) is 0 Å². The van der Waals surface area contributed by atoms with E-state index in [1.165, 1.54) is 6.26 Å². The summed E-state index contributed by atoms with van der Waals surface area (Å²) in [5.74, 6) is -1.26. The van der Waals surface area contributed by atoms with Gasteiger partial charge in [-0.3, -0.25) is 4.79 Å². The zero-order valence-corrected chi connectivity index (χ0v) is 18.0. The van der Waals surface area contributed by atoms with Gasteiger partial charge in [0, 0.05) is 0 Å². The van der Waals surface area contributed by atoms with Crippen molar-refractivity contribution in [3.63, 3.8) is 0 Å². The average molecular weight is 439 g/mol. The molecule has 8 heteroatoms. The number of hydrogen-bond acceptors (Lipinski definition) is 8. The van der Waals surface area contributed by atoms with Crippen LogP contribution >= 0.6 is 11.8 Å². The largest absolute Gasteiger partial charge is 0.468 e. The van der Waals surface area contributed by atoms with Crippen LogP contribution in [0.4, 0.5) is 0 Å². The number of nitriles is 1. The maximum Gasteiger partial charge on any atom is 0.337 e. The van der Waals surface area contributed by atoms with Crippen LogP contribution in [0, 0.1) is 11.3 Å². The Morgan fingerprint density at radius 1 is 1.13 bits per heavy atom. The fourth-order valence-corrected chi connectivity index (χ4v) is 4.07. The second kappa shape index (κ2) is 10.5. The van der Waals surface area contributed by atoms with Crippen molar-refractivity contribution in [1.82, 2.24) is 5.32 Å². The third-order valence-electron chi connectivity index (χ3n) is 4.48. The normalized spacial score (nSPS) is 15.8. The summed E-state index contributed by atoms with van der Waals surface area (Å²) in [5, 5.41) is 13.7. The summed E-state index contributed by atoms with van der Waals surface area (Å²) in [7, 11) is 0. The monoisotopic (exact) mass is 438 g/mol. The van der Waals surface area contributed by atoms with Crippen LogP contribution in [0.15, 0.2) is 69.3 Å². The summed E-state index contributed by atoms with van der Waals surface area (Å²) in [6.45, 7) is 3.91. The minimum atomic E-state index is -0.778. The smallest absolute Gasteiger partial charge is 0.337 e. The molecular formula is C23H22N2O5S. The zero-order chi connectivity index (χ0) is 22.2. The van der Waals surface area contributed by atoms with Crippen molar-refractivity contribution >= 4 is 29.4 Å². The standard InChI is InChI=1S/C23H22N2O5S/c1-3-28-18(26)14-31-22-16(13-24)19(17-11-8-12-30-17)20(23(27)29-4-2)21(25-22)15-9-6-5-7-10-15/h5-12,19,25H,3-4,14H2,1-2H3. The first-order chi connectivity index (χ1) is 15.1. The van der Waals surface area contributed by atoms with Crippen LogP contribution in [0.2, 0.25) is 0 Å². The first kappa shape index (κ1) is 22.2. The van der Waals surface area contributed by atoms with Gasteiger partial charge in [0.2, 0.25) is 0 Å². The molecular weight excluding hydrogens is 416 g/mol. The fourth-order valence-electron chi connectivity index (χ4n) is 3.23. The predicted octanol–water partition coefficient (Wildman–Crippen LogP) is 3.97. The first-order valence-electron chi connectivity index (χ1n) is 9.80. The predicted molar refractivity (Wildman–Crippen MR) is 116 cm³/mol. The van der Waals surface area contributed by atoms with Gasteiger partial charge in [-0.1, -0.05) is 42.1 Å². The lowest BCUT2D eigenvalue weighted by atomic mass is 9.84. The summed E-state index contributed by atoms with van der Waals surface area (Å²) >= 11 is 1.15. The molecule has 0 saturated carbocycles. The third kappa shape index (κ3) is 5.01. The van der Waals surface area contributed by atoms with Crippen LogP contribution in [0.1, 0.15) is 31.1 Å². The molecule has 31 heavy (non-hydrogen) atoms. The summed E-state index contributed by atoms with van der Waals surface area (Å²) in [4.78, 5) is 25.0. The molecule has 1 aliphatic heterocycles. The number of dihydropyridines is 1. The van der Waals surface area contributed by atoms with Crippen molar-refractivity contribution in [2.45, 2.75) is 19.8 Å². The Morgan fingerprint density at radius 3 is 2.48 bits per heavy atom. The topological polar surface area (TPSA) is 102 Å². The summed E-state index contributed by atoms with van der Waals surface area (Å²) in [6, 6.07) is 14.9. The van der Waals surface area contributed by atoms with E-state index in [2.05, 4.69) is 11.4 Å². The molecule has 1 aromatic heterocycles. The van der Waals surface area contributed by atoms with Gasteiger partial charge in [-0.15, -0.1) is 0 Å². The van der Waals surface area contributed by atoms with E-state index in [1.807, 2.05) is 30.3 Å². The van der Waals surface area contributed by atoms with Crippen molar-refractivity contribution in [2.75, 3.05) is 19.0 Å². The highest BCUT2D eigenvalue weighted by Crippen LogP contribution is 2.43. The van der Waals surface area contributed by atoms with Crippen molar-refractivity contribution in [3.8, 4) is 6.07 Å². The van der Waals surface area contributed by atoms with E-state index in [9.17, 15) is 14.9 Å². The molecule has 0 bridgehead atoms. The van der Waals surface area contributed by atoms with Crippen molar-refractivity contribution in [2.24, 2.45) is 0 Å². The molecule has 7 nitrogen and oxygen atoms in total. The van der Waals surface area contributed by atoms with Gasteiger partial charge in [-0.05, 0) is 31.5 Å². The van der Waals surface area contributed by atoms with Crippen LogP contribution < -0.4 is 5.32 Å². The van der Waals surface area contributed by atoms with Crippen LogP contribution in [0.25, 0.3) is 5.70 Å². The van der Waals surface area contributed by atoms with Crippen LogP contribution in [-0.4, -0.2) is 30.9 Å². The van der Waals surface area contributed by atoms with Gasteiger partial charge >= 0.3 is 11.9 Å². The number of thioether (sulfide) groups is 1. The molecule has 160 valence electrons. The van der Waals surface area contributed by atoms with Gasteiger partial charge < -0.3 is 19.2 Å². The van der Waals surface area contributed by atoms with E-state index in [1.54, 1.807) is 26.0 Å². The van der Waals surface area contributed by atoms with E-state index < -0.39 is 17.9 Å². The number of ether oxygens (including phenoxy) is 2. The first-order valence-corrected chi connectivity index (χ1v) is 10.8. The van der Waals surface area contributed by atoms with Crippen LogP contribution in [-0.2, 0) is 19.1 Å². The average Bonchev–Trinajstić information content (AvgIpc) is 3.32. The van der Waals surface area contributed by atoms with E-state index in [0.717, 1.165) is 17.3 Å². The molecule has 3 rings (SSSR count). The van der Waals surface area contributed by atoms with E-state index >= 15 is 0 Å². The zero-order valence-electron chi connectivity index (χ0n) is 17.2. The number of carbonyl (C=O) groups excluding carboxylic acids is 2. The number of furan rings is 1. The molecule has 0 aliphatic carbocycles. The van der Waals surface area contributed by atoms with Gasteiger partial charge in [0.25, 0.3) is 0 Å². The van der Waals surface area contributed by atoms with Crippen molar-refractivity contribution in [1.29, 1.82) is 5.26 Å². The summed E-state index contributed by atoms with van der Waals surface area (Å²) in [5.41, 5.74) is 1.80. The second-order valence-corrected chi connectivity index (χ2v) is 7.38. The molecule has 0 fully saturated rings.